The van der Waals surface area contributed by atoms with Gasteiger partial charge in [-0.3, -0.25) is 0 Å². The molecule has 0 aromatic heterocycles. The average molecular weight is 306 g/mol. The first-order chi connectivity index (χ1) is 10.1. The number of benzene rings is 1. The Kier molecular flexibility index (Phi) is 6.42. The normalized spacial score (nSPS) is 12.9. The highest BCUT2D eigenvalue weighted by molar-refractivity contribution is 5.74. The highest BCUT2D eigenvalue weighted by atomic mass is 16.3. The van der Waals surface area contributed by atoms with Gasteiger partial charge in [-0.1, -0.05) is 31.5 Å². The third-order valence-corrected chi connectivity index (χ3v) is 3.84. The summed E-state index contributed by atoms with van der Waals surface area (Å²) in [6.07, 6.45) is 0.293. The molecule has 0 spiro atoms. The van der Waals surface area contributed by atoms with Gasteiger partial charge < -0.3 is 15.7 Å². The van der Waals surface area contributed by atoms with Gasteiger partial charge in [0.05, 0.1) is 6.10 Å². The third-order valence-electron chi connectivity index (χ3n) is 3.84. The first kappa shape index (κ1) is 18.5. The molecular formula is C18H30N2O2. The van der Waals surface area contributed by atoms with Gasteiger partial charge in [0.25, 0.3) is 0 Å². The summed E-state index contributed by atoms with van der Waals surface area (Å²) in [5.74, 6) is 0. The summed E-state index contributed by atoms with van der Waals surface area (Å²) >= 11 is 0. The minimum Gasteiger partial charge on any atom is -0.393 e. The Hall–Kier alpha value is -1.55. The Balaban J connectivity index is 2.51. The second-order valence-corrected chi connectivity index (χ2v) is 7.13. The zero-order valence-electron chi connectivity index (χ0n) is 14.7. The highest BCUT2D eigenvalue weighted by Gasteiger charge is 2.21. The molecule has 0 radical (unpaired) electrons. The van der Waals surface area contributed by atoms with Crippen LogP contribution in [-0.2, 0) is 6.54 Å². The van der Waals surface area contributed by atoms with E-state index in [1.807, 2.05) is 13.8 Å². The standard InChI is InChI=1S/C18H30N2O2/c1-12-7-13(2)16(14(3)8-12)10-19-17(22)20-11-18(5,6)9-15(4)21/h7-8,15,21H,9-11H2,1-6H3,(H2,19,20,22). The zero-order valence-corrected chi connectivity index (χ0v) is 14.7. The van der Waals surface area contributed by atoms with E-state index in [4.69, 9.17) is 0 Å². The van der Waals surface area contributed by atoms with Crippen molar-refractivity contribution < 1.29 is 9.90 Å². The first-order valence-corrected chi connectivity index (χ1v) is 7.87. The summed E-state index contributed by atoms with van der Waals surface area (Å²) in [5.41, 5.74) is 4.69. The number of carbonyl (C=O) groups is 1. The molecule has 3 N–H and O–H groups in total. The maximum Gasteiger partial charge on any atom is 0.315 e. The van der Waals surface area contributed by atoms with Crippen LogP contribution in [0.15, 0.2) is 12.1 Å². The number of aliphatic hydroxyl groups is 1. The summed E-state index contributed by atoms with van der Waals surface area (Å²) < 4.78 is 0. The van der Waals surface area contributed by atoms with Crippen molar-refractivity contribution in [1.82, 2.24) is 10.6 Å². The summed E-state index contributed by atoms with van der Waals surface area (Å²) in [7, 11) is 0. The number of aliphatic hydroxyl groups excluding tert-OH is 1. The van der Waals surface area contributed by atoms with E-state index in [1.165, 1.54) is 22.3 Å². The van der Waals surface area contributed by atoms with Gasteiger partial charge >= 0.3 is 6.03 Å². The molecule has 0 aliphatic rings. The van der Waals surface area contributed by atoms with Crippen molar-refractivity contribution in [2.24, 2.45) is 5.41 Å². The van der Waals surface area contributed by atoms with Crippen LogP contribution in [-0.4, -0.2) is 23.8 Å². The minimum atomic E-state index is -0.363. The molecule has 0 heterocycles. The molecule has 0 bridgehead atoms. The number of rotatable bonds is 6. The van der Waals surface area contributed by atoms with Gasteiger partial charge in [-0.25, -0.2) is 4.79 Å². The topological polar surface area (TPSA) is 61.4 Å². The van der Waals surface area contributed by atoms with E-state index in [2.05, 4.69) is 43.5 Å². The van der Waals surface area contributed by atoms with Crippen molar-refractivity contribution >= 4 is 6.03 Å². The van der Waals surface area contributed by atoms with E-state index in [1.54, 1.807) is 6.92 Å². The van der Waals surface area contributed by atoms with Gasteiger partial charge in [0, 0.05) is 13.1 Å². The Morgan fingerprint density at radius 2 is 1.73 bits per heavy atom. The monoisotopic (exact) mass is 306 g/mol. The molecule has 0 saturated heterocycles. The summed E-state index contributed by atoms with van der Waals surface area (Å²) in [6.45, 7) is 13.1. The van der Waals surface area contributed by atoms with Gasteiger partial charge in [-0.15, -0.1) is 0 Å². The number of amides is 2. The number of hydrogen-bond acceptors (Lipinski definition) is 2. The molecule has 1 unspecified atom stereocenters. The quantitative estimate of drug-likeness (QED) is 0.756. The fourth-order valence-corrected chi connectivity index (χ4v) is 2.91. The lowest BCUT2D eigenvalue weighted by atomic mass is 9.87. The van der Waals surface area contributed by atoms with Crippen LogP contribution in [0.25, 0.3) is 0 Å². The maximum absolute atomic E-state index is 12.0. The molecule has 0 aliphatic carbocycles. The Morgan fingerprint density at radius 1 is 1.18 bits per heavy atom. The van der Waals surface area contributed by atoms with Crippen molar-refractivity contribution in [3.05, 3.63) is 34.4 Å². The first-order valence-electron chi connectivity index (χ1n) is 7.87. The molecule has 124 valence electrons. The number of hydrogen-bond donors (Lipinski definition) is 3. The molecule has 22 heavy (non-hydrogen) atoms. The molecule has 0 fully saturated rings. The fourth-order valence-electron chi connectivity index (χ4n) is 2.91. The molecule has 1 atom stereocenters. The van der Waals surface area contributed by atoms with Crippen molar-refractivity contribution in [2.75, 3.05) is 6.54 Å². The predicted octanol–water partition coefficient (Wildman–Crippen LogP) is 3.21. The van der Waals surface area contributed by atoms with Crippen LogP contribution < -0.4 is 10.6 Å². The van der Waals surface area contributed by atoms with Gasteiger partial charge in [-0.2, -0.15) is 0 Å². The molecule has 1 aromatic rings. The molecule has 1 aromatic carbocycles. The van der Waals surface area contributed by atoms with Crippen LogP contribution in [0.2, 0.25) is 0 Å². The summed E-state index contributed by atoms with van der Waals surface area (Å²) in [4.78, 5) is 12.0. The maximum atomic E-state index is 12.0. The van der Waals surface area contributed by atoms with E-state index in [-0.39, 0.29) is 17.6 Å². The SMILES string of the molecule is Cc1cc(C)c(CNC(=O)NCC(C)(C)CC(C)O)c(C)c1. The molecule has 2 amide bonds. The largest absolute Gasteiger partial charge is 0.393 e. The smallest absolute Gasteiger partial charge is 0.315 e. The Morgan fingerprint density at radius 3 is 2.23 bits per heavy atom. The van der Waals surface area contributed by atoms with Gasteiger partial charge in [0.15, 0.2) is 0 Å². The number of aryl methyl sites for hydroxylation is 3. The predicted molar refractivity (Wildman–Crippen MR) is 91.0 cm³/mol. The van der Waals surface area contributed by atoms with Gasteiger partial charge in [0.1, 0.15) is 0 Å². The molecule has 1 rings (SSSR count). The molecular weight excluding hydrogens is 276 g/mol. The van der Waals surface area contributed by atoms with E-state index in [9.17, 15) is 9.90 Å². The van der Waals surface area contributed by atoms with Gasteiger partial charge in [-0.05, 0) is 56.2 Å². The minimum absolute atomic E-state index is 0.124. The average Bonchev–Trinajstić information content (AvgIpc) is 2.33. The lowest BCUT2D eigenvalue weighted by Gasteiger charge is -2.26. The summed E-state index contributed by atoms with van der Waals surface area (Å²) in [5, 5.41) is 15.3. The van der Waals surface area contributed by atoms with Crippen LogP contribution in [0.1, 0.15) is 49.4 Å². The van der Waals surface area contributed by atoms with E-state index >= 15 is 0 Å². The molecule has 0 saturated carbocycles. The Bertz CT molecular complexity index is 499. The highest BCUT2D eigenvalue weighted by Crippen LogP contribution is 2.21. The molecule has 4 heteroatoms. The van der Waals surface area contributed by atoms with E-state index in [0.717, 1.165) is 0 Å². The second kappa shape index (κ2) is 7.63. The lowest BCUT2D eigenvalue weighted by molar-refractivity contribution is 0.129. The van der Waals surface area contributed by atoms with Crippen molar-refractivity contribution in [2.45, 2.75) is 60.6 Å². The van der Waals surface area contributed by atoms with Crippen LogP contribution in [0.4, 0.5) is 4.79 Å². The fraction of sp³-hybridized carbons (Fsp3) is 0.611. The van der Waals surface area contributed by atoms with E-state index in [0.29, 0.717) is 19.5 Å². The van der Waals surface area contributed by atoms with Crippen LogP contribution in [0.3, 0.4) is 0 Å². The van der Waals surface area contributed by atoms with Crippen molar-refractivity contribution in [3.63, 3.8) is 0 Å². The third kappa shape index (κ3) is 6.06. The summed E-state index contributed by atoms with van der Waals surface area (Å²) in [6, 6.07) is 4.10. The number of carbonyl (C=O) groups excluding carboxylic acids is 1. The number of urea groups is 1. The molecule has 4 nitrogen and oxygen atoms in total. The lowest BCUT2D eigenvalue weighted by Crippen LogP contribution is -2.41. The van der Waals surface area contributed by atoms with Crippen LogP contribution in [0.5, 0.6) is 0 Å². The second-order valence-electron chi connectivity index (χ2n) is 7.13. The van der Waals surface area contributed by atoms with E-state index < -0.39 is 0 Å². The zero-order chi connectivity index (χ0) is 16.9. The van der Waals surface area contributed by atoms with Crippen molar-refractivity contribution in [3.8, 4) is 0 Å². The van der Waals surface area contributed by atoms with Crippen LogP contribution in [0, 0.1) is 26.2 Å². The van der Waals surface area contributed by atoms with Gasteiger partial charge in [0.2, 0.25) is 0 Å². The molecule has 0 aliphatic heterocycles. The number of nitrogens with one attached hydrogen (secondary N) is 2. The van der Waals surface area contributed by atoms with Crippen molar-refractivity contribution in [1.29, 1.82) is 0 Å². The Labute approximate surface area is 134 Å². The van der Waals surface area contributed by atoms with Crippen LogP contribution >= 0.6 is 0 Å².